The summed E-state index contributed by atoms with van der Waals surface area (Å²) in [6.45, 7) is 0. The maximum Gasteiger partial charge on any atom is 0.259 e. The minimum Gasteiger partial charge on any atom is -0.618 e. The highest BCUT2D eigenvalue weighted by Crippen LogP contribution is 2.37. The van der Waals surface area contributed by atoms with Crippen LogP contribution in [0.3, 0.4) is 0 Å². The Balaban J connectivity index is 1.81. The lowest BCUT2D eigenvalue weighted by atomic mass is 9.86. The largest absolute Gasteiger partial charge is 0.618 e. The molecule has 2 aromatic carbocycles. The second kappa shape index (κ2) is 7.37. The number of rotatable bonds is 5. The number of pyridine rings is 1. The molecule has 0 spiro atoms. The first-order valence-corrected chi connectivity index (χ1v) is 9.46. The molecule has 0 aliphatic carbocycles. The minimum absolute atomic E-state index is 0.161. The van der Waals surface area contributed by atoms with Crippen molar-refractivity contribution >= 4 is 32.6 Å². The third-order valence-electron chi connectivity index (χ3n) is 4.78. The van der Waals surface area contributed by atoms with Crippen molar-refractivity contribution in [1.82, 2.24) is 4.98 Å². The van der Waals surface area contributed by atoms with Gasteiger partial charge in [-0.2, -0.15) is 4.73 Å². The highest BCUT2D eigenvalue weighted by atomic mass is 79.9. The monoisotopic (exact) mass is 420 g/mol. The number of benzene rings is 2. The molecule has 0 aliphatic heterocycles. The number of nitrogens with one attached hydrogen (secondary N) is 1. The molecule has 2 aromatic heterocycles. The van der Waals surface area contributed by atoms with Crippen LogP contribution >= 0.6 is 15.9 Å². The van der Waals surface area contributed by atoms with Crippen molar-refractivity contribution in [3.8, 4) is 0 Å². The van der Waals surface area contributed by atoms with Gasteiger partial charge in [-0.05, 0) is 29.3 Å². The molecular formula is C22H17BrN2O2. The first-order valence-electron chi connectivity index (χ1n) is 8.67. The molecule has 5 heteroatoms. The van der Waals surface area contributed by atoms with Gasteiger partial charge in [0.2, 0.25) is 5.78 Å². The van der Waals surface area contributed by atoms with E-state index >= 15 is 0 Å². The number of hydrogen-bond donors (Lipinski definition) is 1. The summed E-state index contributed by atoms with van der Waals surface area (Å²) in [7, 11) is 0. The van der Waals surface area contributed by atoms with Gasteiger partial charge in [0.05, 0.1) is 0 Å². The van der Waals surface area contributed by atoms with Crippen LogP contribution in [-0.2, 0) is 0 Å². The zero-order valence-corrected chi connectivity index (χ0v) is 16.0. The fraction of sp³-hybridized carbons (Fsp3) is 0.0909. The quantitative estimate of drug-likeness (QED) is 0.281. The molecule has 4 aromatic rings. The van der Waals surface area contributed by atoms with E-state index in [0.29, 0.717) is 4.73 Å². The van der Waals surface area contributed by atoms with E-state index in [2.05, 4.69) is 20.9 Å². The van der Waals surface area contributed by atoms with Crippen LogP contribution in [0.25, 0.3) is 10.9 Å². The molecule has 134 valence electrons. The van der Waals surface area contributed by atoms with Crippen molar-refractivity contribution < 1.29 is 9.52 Å². The number of hydrogen-bond acceptors (Lipinski definition) is 2. The smallest absolute Gasteiger partial charge is 0.259 e. The van der Waals surface area contributed by atoms with Crippen LogP contribution in [0.1, 0.15) is 34.0 Å². The number of para-hydroxylation sites is 1. The third-order valence-corrected chi connectivity index (χ3v) is 5.50. The molecule has 0 bridgehead atoms. The number of carbonyl (C=O) groups is 1. The number of ketones is 1. The van der Waals surface area contributed by atoms with E-state index in [1.165, 1.54) is 6.20 Å². The molecule has 0 amide bonds. The van der Waals surface area contributed by atoms with Gasteiger partial charge in [0.15, 0.2) is 6.20 Å². The Morgan fingerprint density at radius 3 is 2.56 bits per heavy atom. The Kier molecular flexibility index (Phi) is 4.77. The van der Waals surface area contributed by atoms with Gasteiger partial charge in [-0.15, -0.1) is 0 Å². The number of H-pyrrole nitrogens is 1. The number of halogens is 1. The summed E-state index contributed by atoms with van der Waals surface area (Å²) >= 11 is 3.62. The number of fused-ring (bicyclic) bond motifs is 1. The second-order valence-electron chi connectivity index (χ2n) is 6.40. The number of aromatic nitrogens is 2. The van der Waals surface area contributed by atoms with E-state index in [1.807, 2.05) is 54.7 Å². The summed E-state index contributed by atoms with van der Waals surface area (Å²) < 4.78 is 1.57. The lowest BCUT2D eigenvalue weighted by molar-refractivity contribution is -0.607. The predicted octanol–water partition coefficient (Wildman–Crippen LogP) is 4.97. The van der Waals surface area contributed by atoms with Crippen LogP contribution in [0.2, 0.25) is 0 Å². The van der Waals surface area contributed by atoms with Gasteiger partial charge in [0.25, 0.3) is 5.69 Å². The summed E-state index contributed by atoms with van der Waals surface area (Å²) in [5.74, 6) is -0.360. The average Bonchev–Trinajstić information content (AvgIpc) is 3.11. The fourth-order valence-corrected chi connectivity index (χ4v) is 4.02. The van der Waals surface area contributed by atoms with Crippen LogP contribution in [-0.4, -0.2) is 10.8 Å². The number of Topliss-reactive ketones (excluding diaryl/α,β-unsaturated/α-hetero) is 1. The van der Waals surface area contributed by atoms with Crippen molar-refractivity contribution in [3.63, 3.8) is 0 Å². The van der Waals surface area contributed by atoms with Crippen LogP contribution in [0.5, 0.6) is 0 Å². The summed E-state index contributed by atoms with van der Waals surface area (Å²) in [5.41, 5.74) is 3.24. The Labute approximate surface area is 165 Å². The third kappa shape index (κ3) is 3.38. The van der Waals surface area contributed by atoms with Crippen molar-refractivity contribution in [2.45, 2.75) is 12.3 Å². The van der Waals surface area contributed by atoms with Crippen molar-refractivity contribution in [2.24, 2.45) is 0 Å². The van der Waals surface area contributed by atoms with Crippen molar-refractivity contribution in [1.29, 1.82) is 0 Å². The van der Waals surface area contributed by atoms with Gasteiger partial charge in [-0.25, -0.2) is 0 Å². The van der Waals surface area contributed by atoms with E-state index in [9.17, 15) is 10.0 Å². The van der Waals surface area contributed by atoms with Gasteiger partial charge in [0, 0.05) is 46.0 Å². The summed E-state index contributed by atoms with van der Waals surface area (Å²) in [5, 5.41) is 13.1. The van der Waals surface area contributed by atoms with Crippen LogP contribution < -0.4 is 4.73 Å². The SMILES string of the molecule is O=C(C[C@@H](c1ccccc1Br)c1c[nH]c2ccccc12)c1cccc[n+]1[O-]. The summed E-state index contributed by atoms with van der Waals surface area (Å²) in [4.78, 5) is 16.2. The van der Waals surface area contributed by atoms with Gasteiger partial charge in [0.1, 0.15) is 0 Å². The Morgan fingerprint density at radius 2 is 1.74 bits per heavy atom. The molecule has 1 atom stereocenters. The molecule has 27 heavy (non-hydrogen) atoms. The summed E-state index contributed by atoms with van der Waals surface area (Å²) in [6.07, 6.45) is 3.52. The summed E-state index contributed by atoms with van der Waals surface area (Å²) in [6, 6.07) is 20.8. The first kappa shape index (κ1) is 17.5. The molecule has 1 N–H and O–H groups in total. The maximum absolute atomic E-state index is 12.9. The van der Waals surface area contributed by atoms with Gasteiger partial charge in [-0.1, -0.05) is 52.3 Å². The maximum atomic E-state index is 12.9. The van der Waals surface area contributed by atoms with Crippen molar-refractivity contribution in [3.05, 3.63) is 106 Å². The predicted molar refractivity (Wildman–Crippen MR) is 109 cm³/mol. The molecule has 0 fully saturated rings. The standard InChI is InChI=1S/C22H17BrN2O2/c23-19-9-3-1-7-15(19)17(13-22(26)21-11-5-6-12-25(21)27)18-14-24-20-10-4-2-8-16(18)20/h1-12,14,17,24H,13H2/t17-/m0/s1. The lowest BCUT2D eigenvalue weighted by Crippen LogP contribution is -2.34. The molecule has 4 rings (SSSR count). The van der Waals surface area contributed by atoms with E-state index in [0.717, 1.165) is 26.5 Å². The normalized spacial score (nSPS) is 12.2. The van der Waals surface area contributed by atoms with Gasteiger partial charge in [-0.3, -0.25) is 4.79 Å². The van der Waals surface area contributed by atoms with E-state index in [4.69, 9.17) is 0 Å². The van der Waals surface area contributed by atoms with Crippen molar-refractivity contribution in [2.75, 3.05) is 0 Å². The topological polar surface area (TPSA) is 59.8 Å². The highest BCUT2D eigenvalue weighted by Gasteiger charge is 2.26. The van der Waals surface area contributed by atoms with Crippen LogP contribution in [0.15, 0.2) is 83.6 Å². The van der Waals surface area contributed by atoms with E-state index in [1.54, 1.807) is 18.2 Å². The second-order valence-corrected chi connectivity index (χ2v) is 7.26. The molecule has 4 nitrogen and oxygen atoms in total. The molecule has 0 radical (unpaired) electrons. The Hall–Kier alpha value is -2.92. The number of nitrogens with zero attached hydrogens (tertiary/aromatic N) is 1. The Morgan fingerprint density at radius 1 is 1.00 bits per heavy atom. The Bertz CT molecular complexity index is 1120. The van der Waals surface area contributed by atoms with Crippen LogP contribution in [0.4, 0.5) is 0 Å². The molecular weight excluding hydrogens is 404 g/mol. The highest BCUT2D eigenvalue weighted by molar-refractivity contribution is 9.10. The molecule has 0 saturated heterocycles. The molecule has 0 aliphatic rings. The number of aromatic amines is 1. The number of carbonyl (C=O) groups excluding carboxylic acids is 1. The fourth-order valence-electron chi connectivity index (χ4n) is 3.46. The van der Waals surface area contributed by atoms with Gasteiger partial charge >= 0.3 is 0 Å². The van der Waals surface area contributed by atoms with Gasteiger partial charge < -0.3 is 10.2 Å². The van der Waals surface area contributed by atoms with Crippen LogP contribution in [0, 0.1) is 5.21 Å². The first-order chi connectivity index (χ1) is 13.1. The molecule has 0 saturated carbocycles. The zero-order chi connectivity index (χ0) is 18.8. The van der Waals surface area contributed by atoms with E-state index in [-0.39, 0.29) is 23.8 Å². The molecule has 0 unspecified atom stereocenters. The average molecular weight is 421 g/mol. The lowest BCUT2D eigenvalue weighted by Gasteiger charge is -2.18. The zero-order valence-electron chi connectivity index (χ0n) is 14.4. The molecule has 2 heterocycles. The minimum atomic E-state index is -0.184. The van der Waals surface area contributed by atoms with E-state index < -0.39 is 0 Å².